The zero-order valence-corrected chi connectivity index (χ0v) is 15.2. The number of amides is 1. The molecule has 2 aliphatic heterocycles. The molecule has 0 aliphatic carbocycles. The Morgan fingerprint density at radius 3 is 2.92 bits per heavy atom. The number of rotatable bonds is 4. The lowest BCUT2D eigenvalue weighted by Gasteiger charge is -2.32. The van der Waals surface area contributed by atoms with E-state index in [1.54, 1.807) is 6.20 Å². The van der Waals surface area contributed by atoms with Crippen molar-refractivity contribution in [1.82, 2.24) is 29.5 Å². The van der Waals surface area contributed by atoms with Crippen LogP contribution in [0.4, 0.5) is 0 Å². The highest BCUT2D eigenvalue weighted by molar-refractivity contribution is 5.92. The minimum atomic E-state index is 0.0652. The van der Waals surface area contributed by atoms with Crippen LogP contribution in [0.15, 0.2) is 18.3 Å². The van der Waals surface area contributed by atoms with E-state index in [2.05, 4.69) is 24.6 Å². The van der Waals surface area contributed by atoms with Crippen molar-refractivity contribution < 1.29 is 9.53 Å². The third-order valence-electron chi connectivity index (χ3n) is 5.37. The summed E-state index contributed by atoms with van der Waals surface area (Å²) in [5.41, 5.74) is 0.650. The summed E-state index contributed by atoms with van der Waals surface area (Å²) in [7, 11) is 2.04. The Hall–Kier alpha value is -2.19. The molecule has 0 spiro atoms. The van der Waals surface area contributed by atoms with Gasteiger partial charge in [0.25, 0.3) is 5.91 Å². The molecule has 0 radical (unpaired) electrons. The van der Waals surface area contributed by atoms with E-state index in [4.69, 9.17) is 4.74 Å². The summed E-state index contributed by atoms with van der Waals surface area (Å²) in [5.74, 6) is 2.26. The molecule has 0 aromatic carbocycles. The van der Waals surface area contributed by atoms with Crippen molar-refractivity contribution in [3.05, 3.63) is 35.7 Å². The molecule has 26 heavy (non-hydrogen) atoms. The molecule has 0 bridgehead atoms. The van der Waals surface area contributed by atoms with E-state index in [0.29, 0.717) is 12.2 Å². The fraction of sp³-hybridized carbons (Fsp3) is 0.611. The molecule has 2 fully saturated rings. The summed E-state index contributed by atoms with van der Waals surface area (Å²) in [4.78, 5) is 19.9. The van der Waals surface area contributed by atoms with Gasteiger partial charge in [0.1, 0.15) is 17.3 Å². The van der Waals surface area contributed by atoms with Gasteiger partial charge in [0.15, 0.2) is 0 Å². The van der Waals surface area contributed by atoms with Crippen LogP contribution in [0.2, 0.25) is 0 Å². The molecule has 2 aromatic heterocycles. The number of H-pyrrole nitrogens is 1. The molecule has 1 N–H and O–H groups in total. The molecule has 1 atom stereocenters. The predicted octanol–water partition coefficient (Wildman–Crippen LogP) is 0.995. The maximum absolute atomic E-state index is 12.6. The van der Waals surface area contributed by atoms with Gasteiger partial charge in [0, 0.05) is 45.3 Å². The first-order valence-electron chi connectivity index (χ1n) is 9.33. The van der Waals surface area contributed by atoms with Crippen LogP contribution in [0, 0.1) is 0 Å². The Bertz CT molecular complexity index is 735. The van der Waals surface area contributed by atoms with E-state index in [0.717, 1.165) is 63.9 Å². The molecule has 4 rings (SSSR count). The minimum Gasteiger partial charge on any atom is -0.379 e. The highest BCUT2D eigenvalue weighted by atomic mass is 16.5. The summed E-state index contributed by atoms with van der Waals surface area (Å²) < 4.78 is 7.52. The van der Waals surface area contributed by atoms with Crippen molar-refractivity contribution in [2.24, 2.45) is 7.05 Å². The van der Waals surface area contributed by atoms with E-state index in [1.165, 1.54) is 0 Å². The van der Waals surface area contributed by atoms with Gasteiger partial charge in [-0.15, -0.1) is 10.2 Å². The molecule has 8 nitrogen and oxygen atoms in total. The van der Waals surface area contributed by atoms with Crippen molar-refractivity contribution >= 4 is 5.91 Å². The number of carbonyl (C=O) groups excluding carboxylic acids is 1. The summed E-state index contributed by atoms with van der Waals surface area (Å²) in [6.45, 7) is 5.72. The Kier molecular flexibility index (Phi) is 5.03. The Labute approximate surface area is 153 Å². The molecular formula is C18H26N6O2. The largest absolute Gasteiger partial charge is 0.379 e. The summed E-state index contributed by atoms with van der Waals surface area (Å²) in [6, 6.07) is 3.68. The molecule has 8 heteroatoms. The summed E-state index contributed by atoms with van der Waals surface area (Å²) in [6.07, 6.45) is 3.82. The van der Waals surface area contributed by atoms with E-state index < -0.39 is 0 Å². The maximum Gasteiger partial charge on any atom is 0.270 e. The number of morpholine rings is 1. The average Bonchev–Trinajstić information content (AvgIpc) is 3.33. The average molecular weight is 358 g/mol. The van der Waals surface area contributed by atoms with Crippen molar-refractivity contribution in [3.63, 3.8) is 0 Å². The quantitative estimate of drug-likeness (QED) is 0.882. The van der Waals surface area contributed by atoms with E-state index >= 15 is 0 Å². The second kappa shape index (κ2) is 7.59. The Morgan fingerprint density at radius 1 is 1.31 bits per heavy atom. The molecular weight excluding hydrogens is 332 g/mol. The Morgan fingerprint density at radius 2 is 2.15 bits per heavy atom. The van der Waals surface area contributed by atoms with Crippen molar-refractivity contribution in [1.29, 1.82) is 0 Å². The minimum absolute atomic E-state index is 0.0652. The van der Waals surface area contributed by atoms with Crippen LogP contribution >= 0.6 is 0 Å². The third kappa shape index (κ3) is 3.52. The highest BCUT2D eigenvalue weighted by Crippen LogP contribution is 2.26. The van der Waals surface area contributed by atoms with Gasteiger partial charge in [0.2, 0.25) is 0 Å². The first-order valence-corrected chi connectivity index (χ1v) is 9.33. The standard InChI is InChI=1S/C18H26N6O2/c1-22-16(13-23-8-10-26-11-9-23)20-21-17(22)14-4-3-7-24(12-14)18(25)15-5-2-6-19-15/h2,5-6,14,19H,3-4,7-13H2,1H3/t14-/m1/s1. The molecule has 2 aromatic rings. The number of hydrogen-bond acceptors (Lipinski definition) is 5. The lowest BCUT2D eigenvalue weighted by Crippen LogP contribution is -2.40. The number of ether oxygens (including phenoxy) is 1. The third-order valence-corrected chi connectivity index (χ3v) is 5.37. The van der Waals surface area contributed by atoms with E-state index in [-0.39, 0.29) is 11.8 Å². The molecule has 4 heterocycles. The SMILES string of the molecule is Cn1c(CN2CCOCC2)nnc1[C@@H]1CCCN(C(=O)c2ccc[nH]2)C1. The van der Waals surface area contributed by atoms with Crippen molar-refractivity contribution in [2.75, 3.05) is 39.4 Å². The monoisotopic (exact) mass is 358 g/mol. The fourth-order valence-corrected chi connectivity index (χ4v) is 3.83. The van der Waals surface area contributed by atoms with Crippen LogP contribution < -0.4 is 0 Å². The summed E-state index contributed by atoms with van der Waals surface area (Å²) >= 11 is 0. The molecule has 2 aliphatic rings. The first kappa shape index (κ1) is 17.2. The lowest BCUT2D eigenvalue weighted by molar-refractivity contribution is 0.0326. The predicted molar refractivity (Wildman–Crippen MR) is 95.8 cm³/mol. The van der Waals surface area contributed by atoms with Crippen LogP contribution in [-0.4, -0.2) is 74.8 Å². The number of aromatic amines is 1. The number of hydrogen-bond donors (Lipinski definition) is 1. The van der Waals surface area contributed by atoms with Gasteiger partial charge in [-0.25, -0.2) is 0 Å². The van der Waals surface area contributed by atoms with E-state index in [9.17, 15) is 4.79 Å². The number of aromatic nitrogens is 4. The number of nitrogens with zero attached hydrogens (tertiary/aromatic N) is 5. The van der Waals surface area contributed by atoms with Crippen LogP contribution in [0.25, 0.3) is 0 Å². The van der Waals surface area contributed by atoms with E-state index in [1.807, 2.05) is 24.1 Å². The topological polar surface area (TPSA) is 79.3 Å². The normalized spacial score (nSPS) is 21.9. The Balaban J connectivity index is 1.44. The van der Waals surface area contributed by atoms with Gasteiger partial charge in [-0.3, -0.25) is 9.69 Å². The van der Waals surface area contributed by atoms with Gasteiger partial charge in [-0.1, -0.05) is 0 Å². The molecule has 0 saturated carbocycles. The van der Waals surface area contributed by atoms with Crippen molar-refractivity contribution in [3.8, 4) is 0 Å². The van der Waals surface area contributed by atoms with Gasteiger partial charge in [-0.2, -0.15) is 0 Å². The second-order valence-corrected chi connectivity index (χ2v) is 7.10. The maximum atomic E-state index is 12.6. The van der Waals surface area contributed by atoms with Crippen LogP contribution in [0.1, 0.15) is 40.9 Å². The van der Waals surface area contributed by atoms with Crippen LogP contribution in [-0.2, 0) is 18.3 Å². The van der Waals surface area contributed by atoms with Gasteiger partial charge in [-0.05, 0) is 25.0 Å². The molecule has 1 amide bonds. The first-order chi connectivity index (χ1) is 12.7. The van der Waals surface area contributed by atoms with Crippen molar-refractivity contribution in [2.45, 2.75) is 25.3 Å². The number of carbonyl (C=O) groups is 1. The number of nitrogens with one attached hydrogen (secondary N) is 1. The molecule has 0 unspecified atom stereocenters. The van der Waals surface area contributed by atoms with Gasteiger partial charge in [0.05, 0.1) is 19.8 Å². The van der Waals surface area contributed by atoms with Gasteiger partial charge < -0.3 is 19.2 Å². The zero-order chi connectivity index (χ0) is 17.9. The second-order valence-electron chi connectivity index (χ2n) is 7.10. The highest BCUT2D eigenvalue weighted by Gasteiger charge is 2.29. The number of piperidine rings is 1. The summed E-state index contributed by atoms with van der Waals surface area (Å²) in [5, 5.41) is 8.90. The molecule has 140 valence electrons. The van der Waals surface area contributed by atoms with Gasteiger partial charge >= 0.3 is 0 Å². The smallest absolute Gasteiger partial charge is 0.270 e. The molecule has 2 saturated heterocycles. The van der Waals surface area contributed by atoms with Crippen LogP contribution in [0.5, 0.6) is 0 Å². The lowest BCUT2D eigenvalue weighted by atomic mass is 9.97. The van der Waals surface area contributed by atoms with Crippen LogP contribution in [0.3, 0.4) is 0 Å². The number of likely N-dealkylation sites (tertiary alicyclic amines) is 1. The zero-order valence-electron chi connectivity index (χ0n) is 15.2. The fourth-order valence-electron chi connectivity index (χ4n) is 3.83.